The number of aryl methyl sites for hydroxylation is 2. The topological polar surface area (TPSA) is 75.7 Å². The number of para-hydroxylation sites is 2. The minimum absolute atomic E-state index is 0.0977. The van der Waals surface area contributed by atoms with Gasteiger partial charge in [-0.3, -0.25) is 19.3 Å². The maximum absolute atomic E-state index is 12.5. The number of hydrogen-bond donors (Lipinski definition) is 1. The second-order valence-electron chi connectivity index (χ2n) is 6.36. The Morgan fingerprint density at radius 3 is 2.75 bits per heavy atom. The Bertz CT molecular complexity index is 948. The van der Waals surface area contributed by atoms with Gasteiger partial charge in [-0.2, -0.15) is 0 Å². The lowest BCUT2D eigenvalue weighted by Crippen LogP contribution is -2.44. The van der Waals surface area contributed by atoms with Crippen molar-refractivity contribution in [3.05, 3.63) is 52.0 Å². The summed E-state index contributed by atoms with van der Waals surface area (Å²) < 4.78 is 6.15. The Labute approximate surface area is 175 Å². The fraction of sp³-hybridized carbons (Fsp3) is 0.250. The molecule has 146 valence electrons. The molecule has 3 rings (SSSR count). The van der Waals surface area contributed by atoms with Crippen LogP contribution in [0, 0.1) is 13.8 Å². The minimum Gasteiger partial charge on any atom is -0.455 e. The molecule has 28 heavy (non-hydrogen) atoms. The highest BCUT2D eigenvalue weighted by molar-refractivity contribution is 9.10. The number of thioether (sulfide) groups is 1. The number of carbonyl (C=O) groups excluding carboxylic acids is 3. The zero-order chi connectivity index (χ0) is 20.3. The predicted molar refractivity (Wildman–Crippen MR) is 113 cm³/mol. The highest BCUT2D eigenvalue weighted by atomic mass is 79.9. The first-order chi connectivity index (χ1) is 13.3. The fourth-order valence-electron chi connectivity index (χ4n) is 2.76. The van der Waals surface area contributed by atoms with Gasteiger partial charge in [-0.05, 0) is 49.2 Å². The van der Waals surface area contributed by atoms with Crippen molar-refractivity contribution in [3.8, 4) is 0 Å². The second-order valence-corrected chi connectivity index (χ2v) is 8.23. The van der Waals surface area contributed by atoms with E-state index in [1.165, 1.54) is 16.7 Å². The zero-order valence-corrected chi connectivity index (χ0v) is 17.9. The maximum atomic E-state index is 12.5. The van der Waals surface area contributed by atoms with Gasteiger partial charge < -0.3 is 10.1 Å². The van der Waals surface area contributed by atoms with Crippen LogP contribution in [0.1, 0.15) is 11.1 Å². The van der Waals surface area contributed by atoms with E-state index in [2.05, 4.69) is 21.2 Å². The van der Waals surface area contributed by atoms with Gasteiger partial charge in [0.25, 0.3) is 5.91 Å². The van der Waals surface area contributed by atoms with Crippen LogP contribution in [0.25, 0.3) is 0 Å². The van der Waals surface area contributed by atoms with E-state index in [0.29, 0.717) is 11.4 Å². The Morgan fingerprint density at radius 2 is 1.96 bits per heavy atom. The summed E-state index contributed by atoms with van der Waals surface area (Å²) in [5.41, 5.74) is 3.30. The molecule has 0 saturated carbocycles. The molecular formula is C20H19BrN2O4S. The van der Waals surface area contributed by atoms with Gasteiger partial charge in [0, 0.05) is 9.37 Å². The zero-order valence-electron chi connectivity index (χ0n) is 15.5. The molecule has 0 radical (unpaired) electrons. The number of nitrogens with zero attached hydrogens (tertiary/aromatic N) is 1. The number of halogens is 1. The van der Waals surface area contributed by atoms with E-state index in [1.807, 2.05) is 26.0 Å². The van der Waals surface area contributed by atoms with Crippen LogP contribution in [0.3, 0.4) is 0 Å². The Hall–Kier alpha value is -2.32. The fourth-order valence-corrected chi connectivity index (χ4v) is 4.13. The Morgan fingerprint density at radius 1 is 1.21 bits per heavy atom. The Kier molecular flexibility index (Phi) is 6.41. The molecule has 2 aromatic carbocycles. The molecule has 1 N–H and O–H groups in total. The molecule has 2 amide bonds. The first-order valence-electron chi connectivity index (χ1n) is 8.59. The van der Waals surface area contributed by atoms with E-state index in [-0.39, 0.29) is 18.2 Å². The van der Waals surface area contributed by atoms with Gasteiger partial charge in [-0.15, -0.1) is 11.8 Å². The number of hydrogen-bond acceptors (Lipinski definition) is 5. The summed E-state index contributed by atoms with van der Waals surface area (Å²) in [7, 11) is 0. The predicted octanol–water partition coefficient (Wildman–Crippen LogP) is 3.69. The third-order valence-corrected chi connectivity index (χ3v) is 6.22. The van der Waals surface area contributed by atoms with Crippen LogP contribution in [0.15, 0.2) is 45.8 Å². The van der Waals surface area contributed by atoms with Crippen molar-refractivity contribution in [3.63, 3.8) is 0 Å². The van der Waals surface area contributed by atoms with Crippen LogP contribution >= 0.6 is 27.7 Å². The lowest BCUT2D eigenvalue weighted by molar-refractivity contribution is -0.145. The summed E-state index contributed by atoms with van der Waals surface area (Å²) in [5, 5.41) is 2.71. The molecule has 0 unspecified atom stereocenters. The number of ether oxygens (including phenoxy) is 1. The number of benzene rings is 2. The molecule has 1 aliphatic rings. The van der Waals surface area contributed by atoms with Gasteiger partial charge in [-0.1, -0.05) is 28.1 Å². The second kappa shape index (κ2) is 8.79. The van der Waals surface area contributed by atoms with Crippen molar-refractivity contribution < 1.29 is 19.1 Å². The molecule has 0 spiro atoms. The van der Waals surface area contributed by atoms with Gasteiger partial charge in [0.1, 0.15) is 6.54 Å². The smallest absolute Gasteiger partial charge is 0.316 e. The quantitative estimate of drug-likeness (QED) is 0.541. The standard InChI is InChI=1S/C20H19BrN2O4S/c1-12-8-17(13(2)7-14(12)21)28-11-20(26)27-10-19(25)23-9-18(24)22-15-5-3-4-6-16(15)23/h3-8H,9-11H2,1-2H3,(H,22,24). The molecule has 0 atom stereocenters. The number of nitrogens with one attached hydrogen (secondary N) is 1. The molecule has 0 bridgehead atoms. The van der Waals surface area contributed by atoms with Crippen LogP contribution in [0.2, 0.25) is 0 Å². The third-order valence-electron chi connectivity index (χ3n) is 4.23. The van der Waals surface area contributed by atoms with Gasteiger partial charge >= 0.3 is 5.97 Å². The van der Waals surface area contributed by atoms with Crippen molar-refractivity contribution >= 4 is 56.9 Å². The molecule has 8 heteroatoms. The number of esters is 1. The summed E-state index contributed by atoms with van der Waals surface area (Å²) >= 11 is 4.85. The first-order valence-corrected chi connectivity index (χ1v) is 10.4. The minimum atomic E-state index is -0.479. The summed E-state index contributed by atoms with van der Waals surface area (Å²) in [6.45, 7) is 3.45. The molecule has 1 heterocycles. The van der Waals surface area contributed by atoms with Crippen LogP contribution in [-0.2, 0) is 19.1 Å². The van der Waals surface area contributed by atoms with Crippen LogP contribution in [-0.4, -0.2) is 36.7 Å². The highest BCUT2D eigenvalue weighted by Gasteiger charge is 2.27. The van der Waals surface area contributed by atoms with Crippen LogP contribution < -0.4 is 10.2 Å². The average Bonchev–Trinajstić information content (AvgIpc) is 2.67. The van der Waals surface area contributed by atoms with E-state index in [1.54, 1.807) is 24.3 Å². The monoisotopic (exact) mass is 462 g/mol. The Balaban J connectivity index is 1.56. The van der Waals surface area contributed by atoms with E-state index in [9.17, 15) is 14.4 Å². The number of rotatable bonds is 5. The van der Waals surface area contributed by atoms with E-state index < -0.39 is 18.5 Å². The molecule has 0 saturated heterocycles. The van der Waals surface area contributed by atoms with E-state index >= 15 is 0 Å². The molecule has 0 fully saturated rings. The van der Waals surface area contributed by atoms with Crippen molar-refractivity contribution in [1.29, 1.82) is 0 Å². The molecule has 6 nitrogen and oxygen atoms in total. The number of fused-ring (bicyclic) bond motifs is 1. The largest absolute Gasteiger partial charge is 0.455 e. The van der Waals surface area contributed by atoms with Crippen LogP contribution in [0.4, 0.5) is 11.4 Å². The SMILES string of the molecule is Cc1cc(SCC(=O)OCC(=O)N2CC(=O)Nc3ccccc32)c(C)cc1Br. The maximum Gasteiger partial charge on any atom is 0.316 e. The van der Waals surface area contributed by atoms with Gasteiger partial charge in [0.05, 0.1) is 17.1 Å². The van der Waals surface area contributed by atoms with Gasteiger partial charge in [-0.25, -0.2) is 0 Å². The summed E-state index contributed by atoms with van der Waals surface area (Å²) in [6.07, 6.45) is 0. The third kappa shape index (κ3) is 4.74. The molecule has 0 aromatic heterocycles. The van der Waals surface area contributed by atoms with Crippen molar-refractivity contribution in [2.24, 2.45) is 0 Å². The molecular weight excluding hydrogens is 444 g/mol. The van der Waals surface area contributed by atoms with Crippen LogP contribution in [0.5, 0.6) is 0 Å². The summed E-state index contributed by atoms with van der Waals surface area (Å²) in [5.74, 6) is -1.09. The first kappa shape index (κ1) is 20.4. The lowest BCUT2D eigenvalue weighted by atomic mass is 10.2. The molecule has 1 aliphatic heterocycles. The molecule has 2 aromatic rings. The molecule has 0 aliphatic carbocycles. The van der Waals surface area contributed by atoms with Crippen molar-refractivity contribution in [1.82, 2.24) is 0 Å². The highest BCUT2D eigenvalue weighted by Crippen LogP contribution is 2.30. The van der Waals surface area contributed by atoms with E-state index in [0.717, 1.165) is 20.5 Å². The average molecular weight is 463 g/mol. The van der Waals surface area contributed by atoms with Gasteiger partial charge in [0.15, 0.2) is 6.61 Å². The normalized spacial score (nSPS) is 13.0. The number of anilines is 2. The summed E-state index contributed by atoms with van der Waals surface area (Å²) in [6, 6.07) is 11.0. The van der Waals surface area contributed by atoms with E-state index in [4.69, 9.17) is 4.74 Å². The lowest BCUT2D eigenvalue weighted by Gasteiger charge is -2.28. The van der Waals surface area contributed by atoms with Crippen molar-refractivity contribution in [2.75, 3.05) is 29.1 Å². The number of amides is 2. The summed E-state index contributed by atoms with van der Waals surface area (Å²) in [4.78, 5) is 38.7. The van der Waals surface area contributed by atoms with Crippen molar-refractivity contribution in [2.45, 2.75) is 18.7 Å². The number of carbonyl (C=O) groups is 3. The van der Waals surface area contributed by atoms with Gasteiger partial charge in [0.2, 0.25) is 5.91 Å².